The summed E-state index contributed by atoms with van der Waals surface area (Å²) in [6, 6.07) is 6.80. The molecule has 1 heterocycles. The Kier molecular flexibility index (Phi) is 5.73. The average Bonchev–Trinajstić information content (AvgIpc) is 2.83. The molecule has 0 bridgehead atoms. The first-order valence-corrected chi connectivity index (χ1v) is 8.00. The van der Waals surface area contributed by atoms with Gasteiger partial charge in [-0.05, 0) is 73.1 Å². The summed E-state index contributed by atoms with van der Waals surface area (Å²) >= 11 is 8.38. The van der Waals surface area contributed by atoms with E-state index in [2.05, 4.69) is 57.9 Å². The summed E-state index contributed by atoms with van der Waals surface area (Å²) in [6.45, 7) is 6.83. The molecule has 1 N–H and O–H groups in total. The van der Waals surface area contributed by atoms with E-state index in [4.69, 9.17) is 11.6 Å². The molecule has 1 aliphatic rings. The van der Waals surface area contributed by atoms with Gasteiger partial charge in [-0.15, -0.1) is 0 Å². The largest absolute Gasteiger partial charge is 0.309 e. The summed E-state index contributed by atoms with van der Waals surface area (Å²) in [5.74, 6) is 0. The van der Waals surface area contributed by atoms with Crippen molar-refractivity contribution in [1.29, 1.82) is 0 Å². The zero-order valence-corrected chi connectivity index (χ0v) is 13.7. The van der Waals surface area contributed by atoms with Crippen LogP contribution >= 0.6 is 34.2 Å². The Morgan fingerprint density at radius 3 is 2.78 bits per heavy atom. The predicted molar refractivity (Wildman–Crippen MR) is 86.1 cm³/mol. The Hall–Kier alpha value is 0.160. The van der Waals surface area contributed by atoms with Crippen LogP contribution in [0.3, 0.4) is 0 Å². The molecule has 1 atom stereocenters. The molecule has 2 nitrogen and oxygen atoms in total. The molecule has 2 rings (SSSR count). The van der Waals surface area contributed by atoms with Crippen molar-refractivity contribution in [3.8, 4) is 0 Å². The minimum Gasteiger partial charge on any atom is -0.309 e. The lowest BCUT2D eigenvalue weighted by atomic mass is 10.2. The highest BCUT2D eigenvalue weighted by Gasteiger charge is 2.14. The molecule has 18 heavy (non-hydrogen) atoms. The van der Waals surface area contributed by atoms with Crippen molar-refractivity contribution in [2.45, 2.75) is 32.4 Å². The van der Waals surface area contributed by atoms with Gasteiger partial charge in [0, 0.05) is 22.7 Å². The van der Waals surface area contributed by atoms with Crippen LogP contribution in [0.15, 0.2) is 18.2 Å². The van der Waals surface area contributed by atoms with E-state index in [1.54, 1.807) is 0 Å². The van der Waals surface area contributed by atoms with Gasteiger partial charge in [0.15, 0.2) is 0 Å². The zero-order valence-electron chi connectivity index (χ0n) is 10.8. The van der Waals surface area contributed by atoms with E-state index in [9.17, 15) is 0 Å². The molecule has 0 saturated carbocycles. The minimum absolute atomic E-state index is 0.529. The summed E-state index contributed by atoms with van der Waals surface area (Å²) in [6.07, 6.45) is 2.72. The summed E-state index contributed by atoms with van der Waals surface area (Å²) in [5.41, 5.74) is 1.26. The number of likely N-dealkylation sites (tertiary alicyclic amines) is 1. The van der Waals surface area contributed by atoms with Gasteiger partial charge in [0.25, 0.3) is 0 Å². The van der Waals surface area contributed by atoms with Gasteiger partial charge in [-0.25, -0.2) is 0 Å². The number of rotatable bonds is 5. The smallest absolute Gasteiger partial charge is 0.0542 e. The third-order valence-electron chi connectivity index (χ3n) is 3.37. The van der Waals surface area contributed by atoms with Crippen LogP contribution in [-0.2, 0) is 6.54 Å². The van der Waals surface area contributed by atoms with Crippen LogP contribution in [0.5, 0.6) is 0 Å². The Morgan fingerprint density at radius 1 is 1.39 bits per heavy atom. The summed E-state index contributed by atoms with van der Waals surface area (Å²) in [5, 5.41) is 4.42. The number of hydrogen-bond acceptors (Lipinski definition) is 2. The van der Waals surface area contributed by atoms with Gasteiger partial charge in [0.05, 0.1) is 5.02 Å². The molecule has 0 spiro atoms. The maximum atomic E-state index is 6.12. The molecular weight excluding hydrogens is 359 g/mol. The zero-order chi connectivity index (χ0) is 13.0. The van der Waals surface area contributed by atoms with Gasteiger partial charge in [-0.2, -0.15) is 0 Å². The molecule has 1 fully saturated rings. The SMILES string of the molecule is CC(CN1CCCC1)NCc1ccc(I)c(Cl)c1. The molecule has 1 aromatic rings. The lowest BCUT2D eigenvalue weighted by Crippen LogP contribution is -2.37. The van der Waals surface area contributed by atoms with Gasteiger partial charge in [-0.1, -0.05) is 17.7 Å². The van der Waals surface area contributed by atoms with E-state index in [0.29, 0.717) is 6.04 Å². The highest BCUT2D eigenvalue weighted by atomic mass is 127. The van der Waals surface area contributed by atoms with E-state index >= 15 is 0 Å². The molecular formula is C14H20ClIN2. The maximum absolute atomic E-state index is 6.12. The lowest BCUT2D eigenvalue weighted by molar-refractivity contribution is 0.298. The predicted octanol–water partition coefficient (Wildman–Crippen LogP) is 3.52. The Balaban J connectivity index is 1.77. The minimum atomic E-state index is 0.529. The second kappa shape index (κ2) is 7.08. The van der Waals surface area contributed by atoms with Gasteiger partial charge in [0.1, 0.15) is 0 Å². The molecule has 1 aliphatic heterocycles. The van der Waals surface area contributed by atoms with E-state index in [1.807, 2.05) is 0 Å². The van der Waals surface area contributed by atoms with Crippen molar-refractivity contribution < 1.29 is 0 Å². The summed E-state index contributed by atoms with van der Waals surface area (Å²) in [7, 11) is 0. The number of nitrogens with zero attached hydrogens (tertiary/aromatic N) is 1. The molecule has 1 unspecified atom stereocenters. The normalized spacial score (nSPS) is 18.2. The monoisotopic (exact) mass is 378 g/mol. The second-order valence-electron chi connectivity index (χ2n) is 5.04. The first-order valence-electron chi connectivity index (χ1n) is 6.55. The molecule has 0 amide bonds. The molecule has 1 saturated heterocycles. The van der Waals surface area contributed by atoms with Crippen LogP contribution in [0, 0.1) is 3.57 Å². The van der Waals surface area contributed by atoms with Crippen LogP contribution in [-0.4, -0.2) is 30.6 Å². The van der Waals surface area contributed by atoms with Gasteiger partial charge in [-0.3, -0.25) is 0 Å². The lowest BCUT2D eigenvalue weighted by Gasteiger charge is -2.21. The van der Waals surface area contributed by atoms with Crippen LogP contribution in [0.1, 0.15) is 25.3 Å². The quantitative estimate of drug-likeness (QED) is 0.789. The topological polar surface area (TPSA) is 15.3 Å². The first-order chi connectivity index (χ1) is 8.65. The molecule has 0 aromatic heterocycles. The second-order valence-corrected chi connectivity index (χ2v) is 6.61. The first kappa shape index (κ1) is 14.6. The Morgan fingerprint density at radius 2 is 2.11 bits per heavy atom. The van der Waals surface area contributed by atoms with E-state index in [1.165, 1.54) is 31.5 Å². The third kappa shape index (κ3) is 4.37. The van der Waals surface area contributed by atoms with Crippen molar-refractivity contribution in [1.82, 2.24) is 10.2 Å². The van der Waals surface area contributed by atoms with Gasteiger partial charge < -0.3 is 10.2 Å². The fourth-order valence-corrected chi connectivity index (χ4v) is 2.90. The Labute approximate surface area is 128 Å². The van der Waals surface area contributed by atoms with Gasteiger partial charge in [0.2, 0.25) is 0 Å². The van der Waals surface area contributed by atoms with Crippen LogP contribution in [0.2, 0.25) is 5.02 Å². The Bertz CT molecular complexity index is 391. The molecule has 0 radical (unpaired) electrons. The molecule has 100 valence electrons. The van der Waals surface area contributed by atoms with Crippen LogP contribution < -0.4 is 5.32 Å². The highest BCUT2D eigenvalue weighted by molar-refractivity contribution is 14.1. The summed E-state index contributed by atoms with van der Waals surface area (Å²) < 4.78 is 1.11. The van der Waals surface area contributed by atoms with Crippen molar-refractivity contribution in [3.63, 3.8) is 0 Å². The maximum Gasteiger partial charge on any atom is 0.0542 e. The number of benzene rings is 1. The van der Waals surface area contributed by atoms with Crippen molar-refractivity contribution in [2.24, 2.45) is 0 Å². The number of nitrogens with one attached hydrogen (secondary N) is 1. The molecule has 4 heteroatoms. The average molecular weight is 379 g/mol. The van der Waals surface area contributed by atoms with Crippen LogP contribution in [0.25, 0.3) is 0 Å². The van der Waals surface area contributed by atoms with Crippen molar-refractivity contribution >= 4 is 34.2 Å². The highest BCUT2D eigenvalue weighted by Crippen LogP contribution is 2.19. The number of hydrogen-bond donors (Lipinski definition) is 1. The fraction of sp³-hybridized carbons (Fsp3) is 0.571. The van der Waals surface area contributed by atoms with Crippen molar-refractivity contribution in [2.75, 3.05) is 19.6 Å². The summed E-state index contributed by atoms with van der Waals surface area (Å²) in [4.78, 5) is 2.54. The fourth-order valence-electron chi connectivity index (χ4n) is 2.36. The number of halogens is 2. The van der Waals surface area contributed by atoms with Gasteiger partial charge >= 0.3 is 0 Å². The van der Waals surface area contributed by atoms with Crippen molar-refractivity contribution in [3.05, 3.63) is 32.4 Å². The molecule has 0 aliphatic carbocycles. The third-order valence-corrected chi connectivity index (χ3v) is 4.94. The molecule has 1 aromatic carbocycles. The van der Waals surface area contributed by atoms with E-state index in [-0.39, 0.29) is 0 Å². The standard InChI is InChI=1S/C14H20ClIN2/c1-11(10-18-6-2-3-7-18)17-9-12-4-5-14(16)13(15)8-12/h4-5,8,11,17H,2-3,6-7,9-10H2,1H3. The van der Waals surface area contributed by atoms with Crippen LogP contribution in [0.4, 0.5) is 0 Å². The van der Waals surface area contributed by atoms with E-state index in [0.717, 1.165) is 21.7 Å². The van der Waals surface area contributed by atoms with E-state index < -0.39 is 0 Å².